The fourth-order valence-corrected chi connectivity index (χ4v) is 3.06. The lowest BCUT2D eigenvalue weighted by atomic mass is 10.0. The fraction of sp³-hybridized carbons (Fsp3) is 0.300. The van der Waals surface area contributed by atoms with Crippen molar-refractivity contribution in [2.75, 3.05) is 11.4 Å². The van der Waals surface area contributed by atoms with Gasteiger partial charge < -0.3 is 10.2 Å². The topological polar surface area (TPSA) is 49.4 Å². The lowest BCUT2D eigenvalue weighted by Crippen LogP contribution is -2.51. The molecule has 1 aliphatic rings. The van der Waals surface area contributed by atoms with E-state index in [4.69, 9.17) is 0 Å². The van der Waals surface area contributed by atoms with Crippen LogP contribution in [0.2, 0.25) is 0 Å². The van der Waals surface area contributed by atoms with Gasteiger partial charge in [0.15, 0.2) is 0 Å². The van der Waals surface area contributed by atoms with E-state index in [1.807, 2.05) is 50.2 Å². The molecule has 4 nitrogen and oxygen atoms in total. The number of hydrogen-bond acceptors (Lipinski definition) is 2. The zero-order valence-corrected chi connectivity index (χ0v) is 14.0. The van der Waals surface area contributed by atoms with Crippen molar-refractivity contribution in [2.24, 2.45) is 5.92 Å². The van der Waals surface area contributed by atoms with Gasteiger partial charge in [0.25, 0.3) is 5.91 Å². The Balaban J connectivity index is 1.79. The van der Waals surface area contributed by atoms with E-state index in [2.05, 4.69) is 11.4 Å². The third-order valence-electron chi connectivity index (χ3n) is 4.41. The predicted molar refractivity (Wildman–Crippen MR) is 95.0 cm³/mol. The molecule has 2 amide bonds. The molecule has 1 atom stereocenters. The van der Waals surface area contributed by atoms with Crippen LogP contribution in [-0.2, 0) is 11.2 Å². The van der Waals surface area contributed by atoms with Gasteiger partial charge in [-0.05, 0) is 36.1 Å². The quantitative estimate of drug-likeness (QED) is 0.940. The highest BCUT2D eigenvalue weighted by molar-refractivity contribution is 6.03. The molecule has 0 fully saturated rings. The lowest BCUT2D eigenvalue weighted by Gasteiger charge is -2.27. The molecule has 2 aromatic rings. The summed E-state index contributed by atoms with van der Waals surface area (Å²) in [5.41, 5.74) is 2.71. The molecule has 0 unspecified atom stereocenters. The highest BCUT2D eigenvalue weighted by Crippen LogP contribution is 2.28. The Labute approximate surface area is 142 Å². The molecule has 1 aliphatic heterocycles. The Morgan fingerprint density at radius 3 is 2.38 bits per heavy atom. The first-order valence-corrected chi connectivity index (χ1v) is 8.33. The summed E-state index contributed by atoms with van der Waals surface area (Å²) in [6.45, 7) is 4.58. The van der Waals surface area contributed by atoms with Crippen LogP contribution in [0.25, 0.3) is 0 Å². The van der Waals surface area contributed by atoms with E-state index in [0.717, 1.165) is 12.1 Å². The third-order valence-corrected chi connectivity index (χ3v) is 4.41. The van der Waals surface area contributed by atoms with Crippen molar-refractivity contribution in [2.45, 2.75) is 26.3 Å². The Morgan fingerprint density at radius 2 is 1.67 bits per heavy atom. The fourth-order valence-electron chi connectivity index (χ4n) is 3.06. The van der Waals surface area contributed by atoms with Crippen molar-refractivity contribution in [1.29, 1.82) is 0 Å². The number of rotatable bonds is 4. The highest BCUT2D eigenvalue weighted by Gasteiger charge is 2.32. The van der Waals surface area contributed by atoms with Crippen LogP contribution >= 0.6 is 0 Å². The molecule has 1 heterocycles. The molecule has 24 heavy (non-hydrogen) atoms. The van der Waals surface area contributed by atoms with E-state index in [1.165, 1.54) is 5.56 Å². The molecule has 0 aliphatic carbocycles. The molecule has 0 radical (unpaired) electrons. The molecule has 1 N–H and O–H groups in total. The molecule has 0 saturated carbocycles. The van der Waals surface area contributed by atoms with E-state index in [9.17, 15) is 9.59 Å². The van der Waals surface area contributed by atoms with Gasteiger partial charge in [-0.15, -0.1) is 0 Å². The number of anilines is 1. The number of hydrogen-bond donors (Lipinski definition) is 1. The van der Waals surface area contributed by atoms with Crippen LogP contribution in [0.4, 0.5) is 5.69 Å². The van der Waals surface area contributed by atoms with E-state index in [-0.39, 0.29) is 17.7 Å². The second-order valence-electron chi connectivity index (χ2n) is 6.43. The van der Waals surface area contributed by atoms with Crippen molar-refractivity contribution >= 4 is 17.5 Å². The summed E-state index contributed by atoms with van der Waals surface area (Å²) in [5.74, 6) is -0.243. The number of para-hydroxylation sites is 1. The summed E-state index contributed by atoms with van der Waals surface area (Å²) in [5, 5.41) is 2.91. The summed E-state index contributed by atoms with van der Waals surface area (Å²) >= 11 is 0. The SMILES string of the molecule is CC(C)[C@@H](NC(=O)c1ccccc1)C(=O)N1CCc2ccccc21. The maximum absolute atomic E-state index is 13.0. The van der Waals surface area contributed by atoms with Crippen molar-refractivity contribution in [3.63, 3.8) is 0 Å². The third kappa shape index (κ3) is 3.18. The average molecular weight is 322 g/mol. The first-order chi connectivity index (χ1) is 11.6. The van der Waals surface area contributed by atoms with Crippen molar-refractivity contribution in [3.8, 4) is 0 Å². The van der Waals surface area contributed by atoms with Crippen LogP contribution in [0.5, 0.6) is 0 Å². The number of carbonyl (C=O) groups is 2. The largest absolute Gasteiger partial charge is 0.340 e. The van der Waals surface area contributed by atoms with Gasteiger partial charge in [-0.3, -0.25) is 9.59 Å². The van der Waals surface area contributed by atoms with Gasteiger partial charge in [0.1, 0.15) is 6.04 Å². The number of nitrogens with one attached hydrogen (secondary N) is 1. The lowest BCUT2D eigenvalue weighted by molar-refractivity contribution is -0.121. The minimum Gasteiger partial charge on any atom is -0.340 e. The number of fused-ring (bicyclic) bond motifs is 1. The van der Waals surface area contributed by atoms with Gasteiger partial charge in [-0.25, -0.2) is 0 Å². The van der Waals surface area contributed by atoms with E-state index in [0.29, 0.717) is 12.1 Å². The summed E-state index contributed by atoms with van der Waals surface area (Å²) < 4.78 is 0. The molecule has 0 bridgehead atoms. The second kappa shape index (κ2) is 6.87. The normalized spacial score (nSPS) is 14.4. The molecule has 0 saturated heterocycles. The minimum absolute atomic E-state index is 0.0120. The van der Waals surface area contributed by atoms with E-state index < -0.39 is 6.04 Å². The van der Waals surface area contributed by atoms with Gasteiger partial charge in [0, 0.05) is 17.8 Å². The van der Waals surface area contributed by atoms with Gasteiger partial charge in [-0.2, -0.15) is 0 Å². The smallest absolute Gasteiger partial charge is 0.251 e. The maximum Gasteiger partial charge on any atom is 0.251 e. The highest BCUT2D eigenvalue weighted by atomic mass is 16.2. The number of carbonyl (C=O) groups excluding carboxylic acids is 2. The van der Waals surface area contributed by atoms with Gasteiger partial charge in [-0.1, -0.05) is 50.2 Å². The first-order valence-electron chi connectivity index (χ1n) is 8.33. The number of benzene rings is 2. The summed E-state index contributed by atoms with van der Waals surface area (Å²) in [4.78, 5) is 27.3. The summed E-state index contributed by atoms with van der Waals surface area (Å²) in [7, 11) is 0. The van der Waals surface area contributed by atoms with Crippen molar-refractivity contribution in [3.05, 3.63) is 65.7 Å². The van der Waals surface area contributed by atoms with E-state index >= 15 is 0 Å². The first kappa shape index (κ1) is 16.2. The monoisotopic (exact) mass is 322 g/mol. The van der Waals surface area contributed by atoms with Crippen molar-refractivity contribution in [1.82, 2.24) is 5.32 Å². The van der Waals surface area contributed by atoms with Crippen LogP contribution in [0.1, 0.15) is 29.8 Å². The number of nitrogens with zero attached hydrogens (tertiary/aromatic N) is 1. The Morgan fingerprint density at radius 1 is 1.00 bits per heavy atom. The Kier molecular flexibility index (Phi) is 4.65. The van der Waals surface area contributed by atoms with Gasteiger partial charge in [0.2, 0.25) is 5.91 Å². The maximum atomic E-state index is 13.0. The summed E-state index contributed by atoms with van der Waals surface area (Å²) in [6.07, 6.45) is 0.860. The molecule has 0 spiro atoms. The summed E-state index contributed by atoms with van der Waals surface area (Å²) in [6, 6.07) is 16.4. The Bertz CT molecular complexity index is 740. The van der Waals surface area contributed by atoms with Gasteiger partial charge >= 0.3 is 0 Å². The zero-order chi connectivity index (χ0) is 17.1. The Hall–Kier alpha value is -2.62. The minimum atomic E-state index is -0.538. The van der Waals surface area contributed by atoms with Crippen LogP contribution in [-0.4, -0.2) is 24.4 Å². The molecular weight excluding hydrogens is 300 g/mol. The average Bonchev–Trinajstić information content (AvgIpc) is 3.03. The van der Waals surface area contributed by atoms with Gasteiger partial charge in [0.05, 0.1) is 0 Å². The zero-order valence-electron chi connectivity index (χ0n) is 14.0. The molecule has 124 valence electrons. The van der Waals surface area contributed by atoms with Crippen LogP contribution in [0, 0.1) is 5.92 Å². The molecule has 2 aromatic carbocycles. The standard InChI is InChI=1S/C20H22N2O2/c1-14(2)18(21-19(23)16-9-4-3-5-10-16)20(24)22-13-12-15-8-6-7-11-17(15)22/h3-11,14,18H,12-13H2,1-2H3,(H,21,23)/t18-/m1/s1. The predicted octanol–water partition coefficient (Wildman–Crippen LogP) is 3.03. The van der Waals surface area contributed by atoms with Crippen LogP contribution < -0.4 is 10.2 Å². The van der Waals surface area contributed by atoms with Crippen LogP contribution in [0.3, 0.4) is 0 Å². The van der Waals surface area contributed by atoms with Crippen molar-refractivity contribution < 1.29 is 9.59 Å². The van der Waals surface area contributed by atoms with E-state index in [1.54, 1.807) is 17.0 Å². The molecular formula is C20H22N2O2. The molecule has 0 aromatic heterocycles. The number of amides is 2. The molecule has 3 rings (SSSR count). The second-order valence-corrected chi connectivity index (χ2v) is 6.43. The molecule has 4 heteroatoms. The van der Waals surface area contributed by atoms with Crippen LogP contribution in [0.15, 0.2) is 54.6 Å².